The summed E-state index contributed by atoms with van der Waals surface area (Å²) in [6, 6.07) is 0. The summed E-state index contributed by atoms with van der Waals surface area (Å²) in [4.78, 5) is 17.2. The van der Waals surface area contributed by atoms with E-state index in [-0.39, 0.29) is 0 Å². The molecule has 1 aliphatic rings. The minimum atomic E-state index is -1.13. The first-order valence-electron chi connectivity index (χ1n) is 5.58. The molecular weight excluding hydrogens is 222 g/mol. The molecule has 1 saturated heterocycles. The summed E-state index contributed by atoms with van der Waals surface area (Å²) in [6.07, 6.45) is 0.459. The Bertz CT molecular complexity index is 424. The number of nitrogens with two attached hydrogens (primary N) is 1. The van der Waals surface area contributed by atoms with Crippen molar-refractivity contribution in [2.75, 3.05) is 13.1 Å². The molecule has 6 nitrogen and oxygen atoms in total. The Morgan fingerprint density at radius 1 is 1.65 bits per heavy atom. The molecule has 1 aromatic rings. The average Bonchev–Trinajstić information content (AvgIpc) is 2.74. The van der Waals surface area contributed by atoms with Gasteiger partial charge in [-0.05, 0) is 20.3 Å². The summed E-state index contributed by atoms with van der Waals surface area (Å²) >= 11 is 0. The third-order valence-electron chi connectivity index (χ3n) is 3.24. The molecule has 94 valence electrons. The van der Waals surface area contributed by atoms with Crippen molar-refractivity contribution in [3.05, 3.63) is 17.3 Å². The van der Waals surface area contributed by atoms with Gasteiger partial charge in [-0.1, -0.05) is 0 Å². The number of aryl methyl sites for hydroxylation is 2. The van der Waals surface area contributed by atoms with Gasteiger partial charge in [0.05, 0.1) is 12.2 Å². The number of carbonyl (C=O) groups is 1. The molecule has 0 spiro atoms. The Labute approximate surface area is 99.4 Å². The van der Waals surface area contributed by atoms with Gasteiger partial charge in [0, 0.05) is 13.1 Å². The predicted octanol–water partition coefficient (Wildman–Crippen LogP) is 0.279. The summed E-state index contributed by atoms with van der Waals surface area (Å²) < 4.78 is 5.46. The Morgan fingerprint density at radius 2 is 2.35 bits per heavy atom. The highest BCUT2D eigenvalue weighted by atomic mass is 16.4. The van der Waals surface area contributed by atoms with Crippen LogP contribution in [0.25, 0.3) is 0 Å². The molecule has 1 unspecified atom stereocenters. The van der Waals surface area contributed by atoms with Crippen LogP contribution in [0.15, 0.2) is 4.42 Å². The number of likely N-dealkylation sites (tertiary alicyclic amines) is 1. The molecule has 0 bridgehead atoms. The first-order chi connectivity index (χ1) is 7.90. The zero-order valence-corrected chi connectivity index (χ0v) is 10.1. The topological polar surface area (TPSA) is 92.6 Å². The van der Waals surface area contributed by atoms with Gasteiger partial charge in [-0.3, -0.25) is 9.69 Å². The van der Waals surface area contributed by atoms with Crippen molar-refractivity contribution >= 4 is 5.97 Å². The lowest BCUT2D eigenvalue weighted by Crippen LogP contribution is -2.50. The van der Waals surface area contributed by atoms with Crippen LogP contribution in [0.4, 0.5) is 0 Å². The van der Waals surface area contributed by atoms with E-state index in [9.17, 15) is 4.79 Å². The first-order valence-corrected chi connectivity index (χ1v) is 5.58. The maximum atomic E-state index is 11.0. The third-order valence-corrected chi connectivity index (χ3v) is 3.24. The largest absolute Gasteiger partial charge is 0.480 e. The number of aliphatic carboxylic acids is 1. The zero-order chi connectivity index (χ0) is 12.6. The van der Waals surface area contributed by atoms with Gasteiger partial charge < -0.3 is 15.3 Å². The normalized spacial score (nSPS) is 25.4. The standard InChI is InChI=1S/C11H17N3O3/c1-7-8(2)17-9(13-7)5-14-4-3-11(12,6-14)10(15)16/h3-6,12H2,1-2H3,(H,15,16). The maximum absolute atomic E-state index is 11.0. The average molecular weight is 239 g/mol. The van der Waals surface area contributed by atoms with Crippen LogP contribution in [0.3, 0.4) is 0 Å². The summed E-state index contributed by atoms with van der Waals surface area (Å²) in [5.74, 6) is 0.478. The number of oxazole rings is 1. The molecule has 1 aromatic heterocycles. The molecule has 1 aliphatic heterocycles. The van der Waals surface area contributed by atoms with Crippen molar-refractivity contribution in [3.8, 4) is 0 Å². The molecule has 2 rings (SSSR count). The van der Waals surface area contributed by atoms with E-state index in [2.05, 4.69) is 4.98 Å². The smallest absolute Gasteiger partial charge is 0.325 e. The number of hydrogen-bond acceptors (Lipinski definition) is 5. The van der Waals surface area contributed by atoms with E-state index in [1.165, 1.54) is 0 Å². The Hall–Kier alpha value is -1.40. The fourth-order valence-corrected chi connectivity index (χ4v) is 2.02. The van der Waals surface area contributed by atoms with Crippen molar-refractivity contribution < 1.29 is 14.3 Å². The van der Waals surface area contributed by atoms with Crippen LogP contribution < -0.4 is 5.73 Å². The van der Waals surface area contributed by atoms with Gasteiger partial charge in [0.2, 0.25) is 5.89 Å². The van der Waals surface area contributed by atoms with E-state index in [1.807, 2.05) is 18.7 Å². The second-order valence-electron chi connectivity index (χ2n) is 4.67. The third kappa shape index (κ3) is 2.32. The van der Waals surface area contributed by atoms with Gasteiger partial charge in [0.1, 0.15) is 11.3 Å². The number of rotatable bonds is 3. The lowest BCUT2D eigenvalue weighted by atomic mass is 10.0. The van der Waals surface area contributed by atoms with Gasteiger partial charge in [-0.15, -0.1) is 0 Å². The fraction of sp³-hybridized carbons (Fsp3) is 0.636. The van der Waals surface area contributed by atoms with Crippen LogP contribution in [0.5, 0.6) is 0 Å². The molecule has 2 heterocycles. The number of carboxylic acid groups (broad SMARTS) is 1. The highest BCUT2D eigenvalue weighted by molar-refractivity contribution is 5.79. The molecule has 0 radical (unpaired) electrons. The molecule has 0 aliphatic carbocycles. The molecule has 6 heteroatoms. The molecule has 0 amide bonds. The van der Waals surface area contributed by atoms with E-state index in [0.29, 0.717) is 31.9 Å². The zero-order valence-electron chi connectivity index (χ0n) is 10.1. The van der Waals surface area contributed by atoms with E-state index in [1.54, 1.807) is 0 Å². The minimum Gasteiger partial charge on any atom is -0.480 e. The lowest BCUT2D eigenvalue weighted by Gasteiger charge is -2.18. The molecule has 0 aromatic carbocycles. The second kappa shape index (κ2) is 4.12. The summed E-state index contributed by atoms with van der Waals surface area (Å²) in [6.45, 7) is 5.25. The summed E-state index contributed by atoms with van der Waals surface area (Å²) in [5, 5.41) is 9.01. The van der Waals surface area contributed by atoms with Crippen LogP contribution in [0.1, 0.15) is 23.8 Å². The Morgan fingerprint density at radius 3 is 2.82 bits per heavy atom. The quantitative estimate of drug-likeness (QED) is 0.787. The molecule has 0 saturated carbocycles. The summed E-state index contributed by atoms with van der Waals surface area (Å²) in [7, 11) is 0. The highest BCUT2D eigenvalue weighted by Gasteiger charge is 2.41. The predicted molar refractivity (Wildman–Crippen MR) is 60.4 cm³/mol. The number of nitrogens with zero attached hydrogens (tertiary/aromatic N) is 2. The molecule has 3 N–H and O–H groups in total. The number of aromatic nitrogens is 1. The van der Waals surface area contributed by atoms with Gasteiger partial charge in [-0.2, -0.15) is 0 Å². The van der Waals surface area contributed by atoms with Gasteiger partial charge in [-0.25, -0.2) is 4.98 Å². The van der Waals surface area contributed by atoms with Gasteiger partial charge in [0.15, 0.2) is 0 Å². The van der Waals surface area contributed by atoms with Crippen LogP contribution in [-0.4, -0.2) is 39.6 Å². The molecular formula is C11H17N3O3. The molecule has 17 heavy (non-hydrogen) atoms. The van der Waals surface area contributed by atoms with Crippen molar-refractivity contribution in [3.63, 3.8) is 0 Å². The van der Waals surface area contributed by atoms with E-state index in [0.717, 1.165) is 11.5 Å². The fourth-order valence-electron chi connectivity index (χ4n) is 2.02. The number of hydrogen-bond donors (Lipinski definition) is 2. The molecule has 1 atom stereocenters. The van der Waals surface area contributed by atoms with Crippen LogP contribution in [0, 0.1) is 13.8 Å². The molecule has 1 fully saturated rings. The second-order valence-corrected chi connectivity index (χ2v) is 4.67. The SMILES string of the molecule is Cc1nc(CN2CCC(N)(C(=O)O)C2)oc1C. The van der Waals surface area contributed by atoms with Crippen LogP contribution in [-0.2, 0) is 11.3 Å². The van der Waals surface area contributed by atoms with E-state index in [4.69, 9.17) is 15.3 Å². The lowest BCUT2D eigenvalue weighted by molar-refractivity contribution is -0.142. The highest BCUT2D eigenvalue weighted by Crippen LogP contribution is 2.21. The maximum Gasteiger partial charge on any atom is 0.325 e. The van der Waals surface area contributed by atoms with Gasteiger partial charge >= 0.3 is 5.97 Å². The van der Waals surface area contributed by atoms with E-state index < -0.39 is 11.5 Å². The van der Waals surface area contributed by atoms with Gasteiger partial charge in [0.25, 0.3) is 0 Å². The van der Waals surface area contributed by atoms with Crippen LogP contribution in [0.2, 0.25) is 0 Å². The Balaban J connectivity index is 2.01. The van der Waals surface area contributed by atoms with Crippen molar-refractivity contribution in [1.29, 1.82) is 0 Å². The van der Waals surface area contributed by atoms with E-state index >= 15 is 0 Å². The summed E-state index contributed by atoms with van der Waals surface area (Å²) in [5.41, 5.74) is 5.53. The van der Waals surface area contributed by atoms with Crippen molar-refractivity contribution in [2.24, 2.45) is 5.73 Å². The number of carboxylic acids is 1. The first kappa shape index (κ1) is 12.1. The Kier molecular flexibility index (Phi) is 2.92. The van der Waals surface area contributed by atoms with Crippen LogP contribution >= 0.6 is 0 Å². The monoisotopic (exact) mass is 239 g/mol. The van der Waals surface area contributed by atoms with Crippen molar-refractivity contribution in [1.82, 2.24) is 9.88 Å². The minimum absolute atomic E-state index is 0.336. The van der Waals surface area contributed by atoms with Crippen molar-refractivity contribution in [2.45, 2.75) is 32.4 Å².